The lowest BCUT2D eigenvalue weighted by Gasteiger charge is -2.34. The Morgan fingerprint density at radius 1 is 1.04 bits per heavy atom. The lowest BCUT2D eigenvalue weighted by Crippen LogP contribution is -2.46. The third kappa shape index (κ3) is 3.16. The maximum atomic E-state index is 13.2. The fraction of sp³-hybridized carbons (Fsp3) is 0.810. The molecule has 3 saturated carbocycles. The van der Waals surface area contributed by atoms with Gasteiger partial charge in [0.2, 0.25) is 0 Å². The summed E-state index contributed by atoms with van der Waals surface area (Å²) in [6.07, 6.45) is 9.83. The Hall–Kier alpha value is -1.56. The zero-order chi connectivity index (χ0) is 18.5. The molecule has 1 aromatic heterocycles. The predicted molar refractivity (Wildman–Crippen MR) is 106 cm³/mol. The molecule has 6 heteroatoms. The Bertz CT molecular complexity index is 707. The van der Waals surface area contributed by atoms with Crippen molar-refractivity contribution >= 4 is 11.7 Å². The van der Waals surface area contributed by atoms with Crippen LogP contribution in [0.25, 0.3) is 0 Å². The van der Waals surface area contributed by atoms with E-state index in [2.05, 4.69) is 27.3 Å². The molecule has 0 aromatic carbocycles. The number of likely N-dealkylation sites (N-methyl/N-ethyl adjacent to an activating group) is 1. The van der Waals surface area contributed by atoms with E-state index in [1.807, 2.05) is 11.7 Å². The Labute approximate surface area is 162 Å². The van der Waals surface area contributed by atoms with Crippen molar-refractivity contribution in [3.8, 4) is 0 Å². The topological polar surface area (TPSA) is 53.4 Å². The smallest absolute Gasteiger partial charge is 0.256 e. The third-order valence-electron chi connectivity index (χ3n) is 7.82. The van der Waals surface area contributed by atoms with Crippen molar-refractivity contribution in [1.29, 1.82) is 0 Å². The van der Waals surface area contributed by atoms with E-state index in [0.717, 1.165) is 61.7 Å². The van der Waals surface area contributed by atoms with Crippen LogP contribution in [0.15, 0.2) is 6.20 Å². The summed E-state index contributed by atoms with van der Waals surface area (Å²) in [6, 6.07) is 0.360. The molecule has 5 unspecified atom stereocenters. The van der Waals surface area contributed by atoms with E-state index in [1.165, 1.54) is 32.1 Å². The highest BCUT2D eigenvalue weighted by atomic mass is 16.1. The van der Waals surface area contributed by atoms with Gasteiger partial charge in [-0.1, -0.05) is 0 Å². The average Bonchev–Trinajstić information content (AvgIpc) is 3.15. The van der Waals surface area contributed by atoms with Crippen LogP contribution in [0, 0.1) is 23.7 Å². The number of rotatable bonds is 3. The van der Waals surface area contributed by atoms with Crippen LogP contribution in [-0.2, 0) is 7.05 Å². The third-order valence-corrected chi connectivity index (χ3v) is 7.82. The van der Waals surface area contributed by atoms with Crippen molar-refractivity contribution in [1.82, 2.24) is 20.0 Å². The Morgan fingerprint density at radius 3 is 2.63 bits per heavy atom. The minimum absolute atomic E-state index is 0.0863. The van der Waals surface area contributed by atoms with Gasteiger partial charge in [0, 0.05) is 39.3 Å². The predicted octanol–water partition coefficient (Wildman–Crippen LogP) is 2.12. The van der Waals surface area contributed by atoms with E-state index in [9.17, 15) is 4.79 Å². The highest BCUT2D eigenvalue weighted by Crippen LogP contribution is 2.53. The number of hydrogen-bond acceptors (Lipinski definition) is 4. The molecule has 0 radical (unpaired) electrons. The number of carbonyl (C=O) groups is 1. The van der Waals surface area contributed by atoms with Gasteiger partial charge in [-0.3, -0.25) is 9.48 Å². The van der Waals surface area contributed by atoms with E-state index in [1.54, 1.807) is 6.20 Å². The molecular formula is C21H33N5O. The number of carbonyl (C=O) groups excluding carboxylic acids is 1. The zero-order valence-electron chi connectivity index (χ0n) is 16.7. The first-order valence-electron chi connectivity index (χ1n) is 10.8. The zero-order valence-corrected chi connectivity index (χ0v) is 16.7. The molecule has 148 valence electrons. The van der Waals surface area contributed by atoms with Gasteiger partial charge in [0.1, 0.15) is 11.4 Å². The van der Waals surface area contributed by atoms with E-state index in [4.69, 9.17) is 0 Å². The number of piperazine rings is 1. The Kier molecular flexibility index (Phi) is 4.42. The second-order valence-corrected chi connectivity index (χ2v) is 9.55. The quantitative estimate of drug-likeness (QED) is 0.884. The second-order valence-electron chi connectivity index (χ2n) is 9.55. The van der Waals surface area contributed by atoms with Crippen LogP contribution in [-0.4, -0.2) is 59.9 Å². The van der Waals surface area contributed by atoms with Crippen LogP contribution in [0.4, 0.5) is 5.82 Å². The summed E-state index contributed by atoms with van der Waals surface area (Å²) in [4.78, 5) is 17.9. The van der Waals surface area contributed by atoms with Crippen molar-refractivity contribution in [2.24, 2.45) is 30.7 Å². The number of amides is 1. The number of aromatic nitrogens is 2. The monoisotopic (exact) mass is 371 g/mol. The van der Waals surface area contributed by atoms with Gasteiger partial charge in [0.05, 0.1) is 6.20 Å². The normalized spacial score (nSPS) is 36.1. The van der Waals surface area contributed by atoms with Gasteiger partial charge < -0.3 is 15.1 Å². The number of hydrogen-bond donors (Lipinski definition) is 1. The lowest BCUT2D eigenvalue weighted by atomic mass is 9.80. The first-order valence-corrected chi connectivity index (χ1v) is 10.8. The van der Waals surface area contributed by atoms with Crippen LogP contribution < -0.4 is 10.2 Å². The molecule has 5 atom stereocenters. The molecule has 1 N–H and O–H groups in total. The molecule has 2 heterocycles. The molecule has 4 fully saturated rings. The molecule has 3 aliphatic carbocycles. The number of fused-ring (bicyclic) bond motifs is 2. The first kappa shape index (κ1) is 17.5. The molecular weight excluding hydrogens is 338 g/mol. The summed E-state index contributed by atoms with van der Waals surface area (Å²) < 4.78 is 1.88. The molecule has 6 nitrogen and oxygen atoms in total. The van der Waals surface area contributed by atoms with Crippen molar-refractivity contribution in [2.45, 2.75) is 44.6 Å². The highest BCUT2D eigenvalue weighted by Gasteiger charge is 2.46. The first-order chi connectivity index (χ1) is 13.1. The van der Waals surface area contributed by atoms with Crippen LogP contribution in [0.1, 0.15) is 48.9 Å². The Morgan fingerprint density at radius 2 is 1.81 bits per heavy atom. The largest absolute Gasteiger partial charge is 0.354 e. The average molecular weight is 372 g/mol. The maximum absolute atomic E-state index is 13.2. The van der Waals surface area contributed by atoms with Gasteiger partial charge in [-0.15, -0.1) is 0 Å². The number of nitrogens with one attached hydrogen (secondary N) is 1. The SMILES string of the molecule is CN1CCN(c2c(C(=O)NC3CCC4CC5CC(C4)C3C5)cnn2C)CC1. The maximum Gasteiger partial charge on any atom is 0.256 e. The molecule has 3 bridgehead atoms. The van der Waals surface area contributed by atoms with Crippen molar-refractivity contribution in [3.05, 3.63) is 11.8 Å². The molecule has 4 aliphatic rings. The van der Waals surface area contributed by atoms with Gasteiger partial charge in [0.15, 0.2) is 0 Å². The molecule has 1 saturated heterocycles. The molecule has 0 spiro atoms. The van der Waals surface area contributed by atoms with Gasteiger partial charge in [-0.05, 0) is 69.2 Å². The van der Waals surface area contributed by atoms with Gasteiger partial charge in [-0.25, -0.2) is 0 Å². The number of anilines is 1. The van der Waals surface area contributed by atoms with Crippen LogP contribution >= 0.6 is 0 Å². The summed E-state index contributed by atoms with van der Waals surface area (Å²) in [6.45, 7) is 3.96. The molecule has 1 aromatic rings. The standard InChI is InChI=1S/C21H33N5O/c1-24-5-7-26(8-6-24)21-18(13-22-25(21)2)20(27)23-19-4-3-14-9-15-11-16(10-14)17(19)12-15/h13-17,19H,3-12H2,1-2H3,(H,23,27). The summed E-state index contributed by atoms with van der Waals surface area (Å²) in [7, 11) is 4.11. The molecule has 1 amide bonds. The van der Waals surface area contributed by atoms with Gasteiger partial charge in [0.25, 0.3) is 5.91 Å². The van der Waals surface area contributed by atoms with Gasteiger partial charge in [-0.2, -0.15) is 5.10 Å². The van der Waals surface area contributed by atoms with Crippen molar-refractivity contribution in [2.75, 3.05) is 38.1 Å². The summed E-state index contributed by atoms with van der Waals surface area (Å²) in [5.41, 5.74) is 0.756. The Balaban J connectivity index is 1.33. The van der Waals surface area contributed by atoms with E-state index >= 15 is 0 Å². The van der Waals surface area contributed by atoms with Crippen LogP contribution in [0.3, 0.4) is 0 Å². The minimum Gasteiger partial charge on any atom is -0.354 e. The van der Waals surface area contributed by atoms with Gasteiger partial charge >= 0.3 is 0 Å². The van der Waals surface area contributed by atoms with E-state index in [-0.39, 0.29) is 5.91 Å². The summed E-state index contributed by atoms with van der Waals surface area (Å²) >= 11 is 0. The van der Waals surface area contributed by atoms with Crippen molar-refractivity contribution in [3.63, 3.8) is 0 Å². The minimum atomic E-state index is 0.0863. The summed E-state index contributed by atoms with van der Waals surface area (Å²) in [5, 5.41) is 7.89. The fourth-order valence-electron chi connectivity index (χ4n) is 6.50. The van der Waals surface area contributed by atoms with Crippen LogP contribution in [0.2, 0.25) is 0 Å². The van der Waals surface area contributed by atoms with E-state index < -0.39 is 0 Å². The highest BCUT2D eigenvalue weighted by molar-refractivity contribution is 5.99. The van der Waals surface area contributed by atoms with Crippen molar-refractivity contribution < 1.29 is 4.79 Å². The fourth-order valence-corrected chi connectivity index (χ4v) is 6.50. The molecule has 27 heavy (non-hydrogen) atoms. The second kappa shape index (κ2) is 6.80. The van der Waals surface area contributed by atoms with E-state index in [0.29, 0.717) is 12.0 Å². The van der Waals surface area contributed by atoms with Crippen LogP contribution in [0.5, 0.6) is 0 Å². The number of nitrogens with zero attached hydrogens (tertiary/aromatic N) is 4. The molecule has 1 aliphatic heterocycles. The summed E-state index contributed by atoms with van der Waals surface area (Å²) in [5.74, 6) is 4.48. The number of aryl methyl sites for hydroxylation is 1. The molecule has 5 rings (SSSR count). The lowest BCUT2D eigenvalue weighted by molar-refractivity contribution is 0.0913.